The first-order valence-corrected chi connectivity index (χ1v) is 9.62. The number of methoxy groups -OCH3 is 1. The summed E-state index contributed by atoms with van der Waals surface area (Å²) in [7, 11) is -2.42. The fourth-order valence-corrected chi connectivity index (χ4v) is 3.71. The van der Waals surface area contributed by atoms with Gasteiger partial charge in [-0.25, -0.2) is 13.1 Å². The van der Waals surface area contributed by atoms with Crippen molar-refractivity contribution in [3.63, 3.8) is 0 Å². The third-order valence-electron chi connectivity index (χ3n) is 3.89. The highest BCUT2D eigenvalue weighted by Crippen LogP contribution is 2.24. The molecule has 1 aliphatic rings. The maximum atomic E-state index is 12.4. The highest BCUT2D eigenvalue weighted by molar-refractivity contribution is 7.89. The number of aryl methyl sites for hydroxylation is 1. The van der Waals surface area contributed by atoms with Gasteiger partial charge in [0.2, 0.25) is 15.9 Å². The fourth-order valence-electron chi connectivity index (χ4n) is 2.47. The molecule has 1 aromatic carbocycles. The molecule has 25 heavy (non-hydrogen) atoms. The van der Waals surface area contributed by atoms with Gasteiger partial charge in [0, 0.05) is 26.2 Å². The van der Waals surface area contributed by atoms with Crippen LogP contribution in [0.5, 0.6) is 5.75 Å². The predicted octanol–water partition coefficient (Wildman–Crippen LogP) is -0.270. The van der Waals surface area contributed by atoms with E-state index < -0.39 is 10.0 Å². The largest absolute Gasteiger partial charge is 0.495 e. The van der Waals surface area contributed by atoms with Crippen LogP contribution in [0.15, 0.2) is 23.1 Å². The van der Waals surface area contributed by atoms with E-state index in [-0.39, 0.29) is 23.1 Å². The summed E-state index contributed by atoms with van der Waals surface area (Å²) >= 11 is 0. The van der Waals surface area contributed by atoms with Crippen LogP contribution < -0.4 is 14.8 Å². The van der Waals surface area contributed by atoms with E-state index in [4.69, 9.17) is 9.47 Å². The molecule has 1 fully saturated rings. The van der Waals surface area contributed by atoms with E-state index in [9.17, 15) is 13.2 Å². The summed E-state index contributed by atoms with van der Waals surface area (Å²) in [5.74, 6) is -0.130. The Bertz CT molecular complexity index is 687. The molecule has 0 saturated carbocycles. The lowest BCUT2D eigenvalue weighted by molar-refractivity contribution is -0.120. The summed E-state index contributed by atoms with van der Waals surface area (Å²) in [6, 6.07) is 4.86. The van der Waals surface area contributed by atoms with Crippen LogP contribution >= 0.6 is 0 Å². The Balaban J connectivity index is 1.82. The molecule has 0 spiro atoms. The number of nitrogens with one attached hydrogen (secondary N) is 2. The number of ether oxygens (including phenoxy) is 2. The maximum absolute atomic E-state index is 12.4. The molecule has 2 N–H and O–H groups in total. The van der Waals surface area contributed by atoms with Gasteiger partial charge >= 0.3 is 0 Å². The average Bonchev–Trinajstić information content (AvgIpc) is 2.61. The van der Waals surface area contributed by atoms with Crippen LogP contribution in [0, 0.1) is 6.92 Å². The Morgan fingerprint density at radius 3 is 2.72 bits per heavy atom. The third-order valence-corrected chi connectivity index (χ3v) is 5.31. The highest BCUT2D eigenvalue weighted by Gasteiger charge is 2.20. The van der Waals surface area contributed by atoms with Gasteiger partial charge < -0.3 is 14.8 Å². The summed E-state index contributed by atoms with van der Waals surface area (Å²) in [5, 5.41) is 2.71. The first-order valence-electron chi connectivity index (χ1n) is 8.13. The van der Waals surface area contributed by atoms with E-state index in [2.05, 4.69) is 14.9 Å². The molecule has 2 rings (SSSR count). The zero-order valence-electron chi connectivity index (χ0n) is 14.6. The zero-order valence-corrected chi connectivity index (χ0v) is 15.4. The molecule has 1 saturated heterocycles. The number of sulfonamides is 1. The normalized spacial score (nSPS) is 15.8. The van der Waals surface area contributed by atoms with Crippen molar-refractivity contribution in [1.82, 2.24) is 14.9 Å². The summed E-state index contributed by atoms with van der Waals surface area (Å²) in [6.45, 7) is 5.74. The number of amides is 1. The van der Waals surface area contributed by atoms with Crippen molar-refractivity contribution >= 4 is 15.9 Å². The molecule has 1 heterocycles. The smallest absolute Gasteiger partial charge is 0.244 e. The number of hydrogen-bond acceptors (Lipinski definition) is 6. The number of carbonyl (C=O) groups is 1. The molecule has 0 unspecified atom stereocenters. The number of benzene rings is 1. The van der Waals surface area contributed by atoms with E-state index in [0.29, 0.717) is 26.3 Å². The lowest BCUT2D eigenvalue weighted by atomic mass is 10.2. The molecule has 0 aliphatic carbocycles. The van der Waals surface area contributed by atoms with Crippen molar-refractivity contribution in [2.75, 3.05) is 53.0 Å². The van der Waals surface area contributed by atoms with Crippen LogP contribution in [0.2, 0.25) is 0 Å². The van der Waals surface area contributed by atoms with E-state index >= 15 is 0 Å². The van der Waals surface area contributed by atoms with Gasteiger partial charge in [-0.1, -0.05) is 6.07 Å². The molecule has 0 radical (unpaired) electrons. The standard InChI is InChI=1S/C16H25N3O5S/c1-13-3-4-14(23-2)15(11-13)25(21,22)18-12-16(20)17-5-6-19-7-9-24-10-8-19/h3-4,11,18H,5-10,12H2,1-2H3,(H,17,20). The van der Waals surface area contributed by atoms with Crippen LogP contribution in [0.25, 0.3) is 0 Å². The van der Waals surface area contributed by atoms with Crippen molar-refractivity contribution < 1.29 is 22.7 Å². The Morgan fingerprint density at radius 2 is 2.04 bits per heavy atom. The van der Waals surface area contributed by atoms with Crippen molar-refractivity contribution in [2.45, 2.75) is 11.8 Å². The van der Waals surface area contributed by atoms with Gasteiger partial charge in [-0.05, 0) is 24.6 Å². The number of nitrogens with zero attached hydrogens (tertiary/aromatic N) is 1. The molecule has 1 amide bonds. The molecule has 0 aromatic heterocycles. The first-order chi connectivity index (χ1) is 11.9. The highest BCUT2D eigenvalue weighted by atomic mass is 32.2. The van der Waals surface area contributed by atoms with Gasteiger partial charge in [0.25, 0.3) is 0 Å². The van der Waals surface area contributed by atoms with Crippen molar-refractivity contribution in [1.29, 1.82) is 0 Å². The molecule has 0 atom stereocenters. The summed E-state index contributed by atoms with van der Waals surface area (Å²) in [4.78, 5) is 14.1. The summed E-state index contributed by atoms with van der Waals surface area (Å²) < 4.78 is 37.5. The van der Waals surface area contributed by atoms with E-state index in [0.717, 1.165) is 18.7 Å². The van der Waals surface area contributed by atoms with Gasteiger partial charge in [-0.2, -0.15) is 0 Å². The minimum absolute atomic E-state index is 0.0242. The molecule has 0 bridgehead atoms. The van der Waals surface area contributed by atoms with Gasteiger partial charge in [0.1, 0.15) is 10.6 Å². The van der Waals surface area contributed by atoms with Crippen molar-refractivity contribution in [2.24, 2.45) is 0 Å². The van der Waals surface area contributed by atoms with Crippen molar-refractivity contribution in [3.8, 4) is 5.75 Å². The van der Waals surface area contributed by atoms with Crippen LogP contribution in [-0.4, -0.2) is 72.3 Å². The number of morpholine rings is 1. The molecular weight excluding hydrogens is 346 g/mol. The zero-order chi connectivity index (χ0) is 18.3. The van der Waals surface area contributed by atoms with Crippen LogP contribution in [0.4, 0.5) is 0 Å². The predicted molar refractivity (Wildman–Crippen MR) is 93.2 cm³/mol. The number of hydrogen-bond donors (Lipinski definition) is 2. The minimum atomic E-state index is -3.83. The molecular formula is C16H25N3O5S. The molecule has 140 valence electrons. The Labute approximate surface area is 148 Å². The molecule has 9 heteroatoms. The van der Waals surface area contributed by atoms with Gasteiger partial charge in [-0.3, -0.25) is 9.69 Å². The Morgan fingerprint density at radius 1 is 1.32 bits per heavy atom. The number of rotatable bonds is 8. The van der Waals surface area contributed by atoms with E-state index in [1.165, 1.54) is 13.2 Å². The summed E-state index contributed by atoms with van der Waals surface area (Å²) in [6.07, 6.45) is 0. The second kappa shape index (κ2) is 9.14. The van der Waals surface area contributed by atoms with E-state index in [1.54, 1.807) is 19.1 Å². The first kappa shape index (κ1) is 19.6. The Kier molecular flexibility index (Phi) is 7.18. The van der Waals surface area contributed by atoms with Crippen LogP contribution in [-0.2, 0) is 19.6 Å². The molecule has 8 nitrogen and oxygen atoms in total. The van der Waals surface area contributed by atoms with E-state index in [1.807, 2.05) is 0 Å². The van der Waals surface area contributed by atoms with Crippen LogP contribution in [0.3, 0.4) is 0 Å². The monoisotopic (exact) mass is 371 g/mol. The number of carbonyl (C=O) groups excluding carboxylic acids is 1. The topological polar surface area (TPSA) is 97.0 Å². The van der Waals surface area contributed by atoms with Crippen molar-refractivity contribution in [3.05, 3.63) is 23.8 Å². The van der Waals surface area contributed by atoms with Crippen LogP contribution in [0.1, 0.15) is 5.56 Å². The average molecular weight is 371 g/mol. The SMILES string of the molecule is COc1ccc(C)cc1S(=O)(=O)NCC(=O)NCCN1CCOCC1. The third kappa shape index (κ3) is 5.96. The Hall–Kier alpha value is -1.68. The minimum Gasteiger partial charge on any atom is -0.495 e. The molecule has 1 aromatic rings. The fraction of sp³-hybridized carbons (Fsp3) is 0.562. The maximum Gasteiger partial charge on any atom is 0.244 e. The molecule has 1 aliphatic heterocycles. The quantitative estimate of drug-likeness (QED) is 0.653. The van der Waals surface area contributed by atoms with Gasteiger partial charge in [0.15, 0.2) is 0 Å². The second-order valence-electron chi connectivity index (χ2n) is 5.78. The lowest BCUT2D eigenvalue weighted by Crippen LogP contribution is -2.43. The summed E-state index contributed by atoms with van der Waals surface area (Å²) in [5.41, 5.74) is 0.788. The van der Waals surface area contributed by atoms with Gasteiger partial charge in [0.05, 0.1) is 26.9 Å². The van der Waals surface area contributed by atoms with Gasteiger partial charge in [-0.15, -0.1) is 0 Å². The second-order valence-corrected chi connectivity index (χ2v) is 7.52. The lowest BCUT2D eigenvalue weighted by Gasteiger charge is -2.26.